The van der Waals surface area contributed by atoms with Crippen LogP contribution in [0.2, 0.25) is 0 Å². The number of rotatable bonds is 2. The summed E-state index contributed by atoms with van der Waals surface area (Å²) in [4.78, 5) is 11.1. The highest BCUT2D eigenvalue weighted by Gasteiger charge is 2.01. The van der Waals surface area contributed by atoms with Crippen molar-refractivity contribution in [3.63, 3.8) is 0 Å². The monoisotopic (exact) mass is 189 g/mol. The van der Waals surface area contributed by atoms with Crippen molar-refractivity contribution >= 4 is 11.6 Å². The maximum atomic E-state index is 11.1. The van der Waals surface area contributed by atoms with Gasteiger partial charge in [0.15, 0.2) is 0 Å². The number of phenols is 1. The number of carbonyl (C=O) groups excluding carboxylic acids is 1. The van der Waals surface area contributed by atoms with Crippen molar-refractivity contribution in [2.45, 2.75) is 13.3 Å². The van der Waals surface area contributed by atoms with E-state index in [1.165, 1.54) is 6.07 Å². The van der Waals surface area contributed by atoms with Crippen molar-refractivity contribution in [3.05, 3.63) is 23.8 Å². The van der Waals surface area contributed by atoms with Crippen LogP contribution in [0, 0.1) is 19.3 Å². The predicted octanol–water partition coefficient (Wildman–Crippen LogP) is 1.66. The van der Waals surface area contributed by atoms with E-state index >= 15 is 0 Å². The van der Waals surface area contributed by atoms with E-state index in [-0.39, 0.29) is 18.1 Å². The standard InChI is InChI=1S/C11H11NO2/c1-3-4-11(14)12-9-6-5-8(2)10(13)7-9/h1,5-7,13H,4H2,2H3,(H,12,14). The van der Waals surface area contributed by atoms with Crippen LogP contribution < -0.4 is 5.32 Å². The molecule has 0 fully saturated rings. The molecule has 0 saturated heterocycles. The van der Waals surface area contributed by atoms with E-state index in [1.54, 1.807) is 19.1 Å². The van der Waals surface area contributed by atoms with Crippen LogP contribution in [0.1, 0.15) is 12.0 Å². The second-order valence-corrected chi connectivity index (χ2v) is 2.93. The van der Waals surface area contributed by atoms with Crippen LogP contribution in [0.3, 0.4) is 0 Å². The molecule has 0 aromatic heterocycles. The van der Waals surface area contributed by atoms with E-state index in [0.717, 1.165) is 5.56 Å². The van der Waals surface area contributed by atoms with Gasteiger partial charge in [-0.25, -0.2) is 0 Å². The Morgan fingerprint density at radius 2 is 2.36 bits per heavy atom. The smallest absolute Gasteiger partial charge is 0.236 e. The average Bonchev–Trinajstić information content (AvgIpc) is 2.12. The zero-order valence-electron chi connectivity index (χ0n) is 7.87. The van der Waals surface area contributed by atoms with Crippen molar-refractivity contribution < 1.29 is 9.90 Å². The molecule has 3 heteroatoms. The first-order valence-corrected chi connectivity index (χ1v) is 4.16. The molecule has 72 valence electrons. The number of hydrogen-bond donors (Lipinski definition) is 2. The Balaban J connectivity index is 2.74. The maximum absolute atomic E-state index is 11.1. The van der Waals surface area contributed by atoms with Crippen LogP contribution in [0.5, 0.6) is 5.75 Å². The first-order chi connectivity index (χ1) is 6.63. The van der Waals surface area contributed by atoms with E-state index in [4.69, 9.17) is 6.42 Å². The fourth-order valence-corrected chi connectivity index (χ4v) is 0.985. The number of terminal acetylenes is 1. The van der Waals surface area contributed by atoms with Gasteiger partial charge < -0.3 is 10.4 Å². The number of nitrogens with one attached hydrogen (secondary N) is 1. The molecule has 14 heavy (non-hydrogen) atoms. The molecule has 1 aromatic rings. The third-order valence-electron chi connectivity index (χ3n) is 1.76. The summed E-state index contributed by atoms with van der Waals surface area (Å²) in [5.74, 6) is 2.14. The Morgan fingerprint density at radius 1 is 1.64 bits per heavy atom. The Bertz CT molecular complexity index is 391. The molecule has 0 atom stereocenters. The van der Waals surface area contributed by atoms with Gasteiger partial charge in [-0.3, -0.25) is 4.79 Å². The Labute approximate surface area is 82.8 Å². The Kier molecular flexibility index (Phi) is 3.14. The molecule has 1 aromatic carbocycles. The molecule has 1 amide bonds. The molecular formula is C11H11NO2. The van der Waals surface area contributed by atoms with E-state index < -0.39 is 0 Å². The van der Waals surface area contributed by atoms with Gasteiger partial charge in [0.05, 0.1) is 6.42 Å². The van der Waals surface area contributed by atoms with E-state index in [0.29, 0.717) is 5.69 Å². The summed E-state index contributed by atoms with van der Waals surface area (Å²) < 4.78 is 0. The molecule has 2 N–H and O–H groups in total. The zero-order chi connectivity index (χ0) is 10.6. The average molecular weight is 189 g/mol. The first-order valence-electron chi connectivity index (χ1n) is 4.16. The Hall–Kier alpha value is -1.95. The van der Waals surface area contributed by atoms with Crippen LogP contribution in [-0.4, -0.2) is 11.0 Å². The zero-order valence-corrected chi connectivity index (χ0v) is 7.87. The molecule has 0 aliphatic rings. The maximum Gasteiger partial charge on any atom is 0.236 e. The molecule has 0 aliphatic carbocycles. The van der Waals surface area contributed by atoms with Crippen LogP contribution in [0.15, 0.2) is 18.2 Å². The van der Waals surface area contributed by atoms with Gasteiger partial charge in [-0.2, -0.15) is 0 Å². The van der Waals surface area contributed by atoms with E-state index in [9.17, 15) is 9.90 Å². The van der Waals surface area contributed by atoms with Gasteiger partial charge in [-0.15, -0.1) is 6.42 Å². The molecule has 0 saturated carbocycles. The number of hydrogen-bond acceptors (Lipinski definition) is 2. The van der Waals surface area contributed by atoms with Crippen molar-refractivity contribution in [2.24, 2.45) is 0 Å². The highest BCUT2D eigenvalue weighted by atomic mass is 16.3. The quantitative estimate of drug-likeness (QED) is 0.695. The van der Waals surface area contributed by atoms with Crippen molar-refractivity contribution in [1.29, 1.82) is 0 Å². The van der Waals surface area contributed by atoms with Gasteiger partial charge in [0, 0.05) is 11.8 Å². The summed E-state index contributed by atoms with van der Waals surface area (Å²) in [7, 11) is 0. The highest BCUT2D eigenvalue weighted by molar-refractivity contribution is 5.92. The number of carbonyl (C=O) groups is 1. The number of amides is 1. The lowest BCUT2D eigenvalue weighted by Gasteiger charge is -2.04. The number of benzene rings is 1. The number of phenolic OH excluding ortho intramolecular Hbond substituents is 1. The molecule has 3 nitrogen and oxygen atoms in total. The lowest BCUT2D eigenvalue weighted by molar-refractivity contribution is -0.115. The van der Waals surface area contributed by atoms with Crippen molar-refractivity contribution in [1.82, 2.24) is 0 Å². The lowest BCUT2D eigenvalue weighted by atomic mass is 10.2. The molecular weight excluding hydrogens is 178 g/mol. The van der Waals surface area contributed by atoms with Crippen LogP contribution in [0.4, 0.5) is 5.69 Å². The van der Waals surface area contributed by atoms with Gasteiger partial charge in [-0.1, -0.05) is 12.0 Å². The van der Waals surface area contributed by atoms with E-state index in [2.05, 4.69) is 11.2 Å². The highest BCUT2D eigenvalue weighted by Crippen LogP contribution is 2.20. The largest absolute Gasteiger partial charge is 0.508 e. The summed E-state index contributed by atoms with van der Waals surface area (Å²) in [5.41, 5.74) is 1.31. The topological polar surface area (TPSA) is 49.3 Å². The van der Waals surface area contributed by atoms with Crippen LogP contribution in [-0.2, 0) is 4.79 Å². The third-order valence-corrected chi connectivity index (χ3v) is 1.76. The SMILES string of the molecule is C#CCC(=O)Nc1ccc(C)c(O)c1. The van der Waals surface area contributed by atoms with Crippen LogP contribution >= 0.6 is 0 Å². The van der Waals surface area contributed by atoms with Gasteiger partial charge in [-0.05, 0) is 18.6 Å². The number of aryl methyl sites for hydroxylation is 1. The van der Waals surface area contributed by atoms with Gasteiger partial charge in [0.2, 0.25) is 5.91 Å². The van der Waals surface area contributed by atoms with Crippen molar-refractivity contribution in [3.8, 4) is 18.1 Å². The Morgan fingerprint density at radius 3 is 2.93 bits per heavy atom. The fourth-order valence-electron chi connectivity index (χ4n) is 0.985. The summed E-state index contributed by atoms with van der Waals surface area (Å²) in [6.07, 6.45) is 5.01. The number of anilines is 1. The van der Waals surface area contributed by atoms with Gasteiger partial charge in [0.25, 0.3) is 0 Å². The lowest BCUT2D eigenvalue weighted by Crippen LogP contribution is -2.09. The third kappa shape index (κ3) is 2.53. The molecule has 0 aliphatic heterocycles. The fraction of sp³-hybridized carbons (Fsp3) is 0.182. The first kappa shape index (κ1) is 10.1. The molecule has 0 heterocycles. The molecule has 0 radical (unpaired) electrons. The van der Waals surface area contributed by atoms with Crippen molar-refractivity contribution in [2.75, 3.05) is 5.32 Å². The minimum Gasteiger partial charge on any atom is -0.508 e. The van der Waals surface area contributed by atoms with Gasteiger partial charge >= 0.3 is 0 Å². The molecule has 0 bridgehead atoms. The van der Waals surface area contributed by atoms with Gasteiger partial charge in [0.1, 0.15) is 5.75 Å². The minimum atomic E-state index is -0.254. The second-order valence-electron chi connectivity index (χ2n) is 2.93. The van der Waals surface area contributed by atoms with E-state index in [1.807, 2.05) is 0 Å². The number of aromatic hydroxyl groups is 1. The summed E-state index contributed by atoms with van der Waals surface area (Å²) >= 11 is 0. The molecule has 1 rings (SSSR count). The normalized spacial score (nSPS) is 9.14. The minimum absolute atomic E-state index is 0.0363. The summed E-state index contributed by atoms with van der Waals surface area (Å²) in [6, 6.07) is 4.92. The predicted molar refractivity (Wildman–Crippen MR) is 54.9 cm³/mol. The van der Waals surface area contributed by atoms with Crippen LogP contribution in [0.25, 0.3) is 0 Å². The summed E-state index contributed by atoms with van der Waals surface area (Å²) in [6.45, 7) is 1.78. The molecule has 0 spiro atoms. The second kappa shape index (κ2) is 4.33. The molecule has 0 unspecified atom stereocenters. The summed E-state index contributed by atoms with van der Waals surface area (Å²) in [5, 5.41) is 11.9.